The third kappa shape index (κ3) is 1.50. The second kappa shape index (κ2) is 2.90. The lowest BCUT2D eigenvalue weighted by Gasteiger charge is -2.03. The van der Waals surface area contributed by atoms with E-state index in [4.69, 9.17) is 0 Å². The molecule has 0 unspecified atom stereocenters. The van der Waals surface area contributed by atoms with Crippen LogP contribution in [0, 0.1) is 6.92 Å². The molecule has 1 aromatic rings. The van der Waals surface area contributed by atoms with Crippen molar-refractivity contribution in [3.63, 3.8) is 0 Å². The van der Waals surface area contributed by atoms with E-state index in [0.717, 1.165) is 18.3 Å². The van der Waals surface area contributed by atoms with Gasteiger partial charge in [-0.15, -0.1) is 5.10 Å². The fourth-order valence-corrected chi connectivity index (χ4v) is 0.894. The molecule has 1 rings (SSSR count). The van der Waals surface area contributed by atoms with Crippen LogP contribution in [0.25, 0.3) is 0 Å². The van der Waals surface area contributed by atoms with Crippen molar-refractivity contribution in [1.82, 2.24) is 14.8 Å². The van der Waals surface area contributed by atoms with Crippen molar-refractivity contribution >= 4 is 5.95 Å². The van der Waals surface area contributed by atoms with Gasteiger partial charge in [0.15, 0.2) is 0 Å². The van der Waals surface area contributed by atoms with E-state index in [-0.39, 0.29) is 0 Å². The standard InChI is InChI=1S/C7H14N4/c1-5-11-6(2)8-7(9-11)10(3)4/h5H2,1-4H3. The smallest absolute Gasteiger partial charge is 0.244 e. The number of anilines is 1. The fourth-order valence-electron chi connectivity index (χ4n) is 0.894. The highest BCUT2D eigenvalue weighted by Gasteiger charge is 2.04. The summed E-state index contributed by atoms with van der Waals surface area (Å²) in [6.45, 7) is 4.90. The summed E-state index contributed by atoms with van der Waals surface area (Å²) in [6.07, 6.45) is 0. The van der Waals surface area contributed by atoms with Crippen molar-refractivity contribution in [1.29, 1.82) is 0 Å². The van der Waals surface area contributed by atoms with Crippen LogP contribution in [-0.4, -0.2) is 28.9 Å². The minimum absolute atomic E-state index is 0.782. The number of hydrogen-bond acceptors (Lipinski definition) is 3. The average Bonchev–Trinajstić information content (AvgIpc) is 2.31. The Labute approximate surface area is 66.8 Å². The van der Waals surface area contributed by atoms with Crippen LogP contribution in [0.15, 0.2) is 0 Å². The number of rotatable bonds is 2. The van der Waals surface area contributed by atoms with E-state index in [9.17, 15) is 0 Å². The maximum atomic E-state index is 4.26. The van der Waals surface area contributed by atoms with Gasteiger partial charge in [-0.3, -0.25) is 0 Å². The number of aryl methyl sites for hydroxylation is 2. The summed E-state index contributed by atoms with van der Waals surface area (Å²) < 4.78 is 1.88. The first-order chi connectivity index (χ1) is 5.15. The first-order valence-corrected chi connectivity index (χ1v) is 3.74. The molecule has 1 heterocycles. The highest BCUT2D eigenvalue weighted by Crippen LogP contribution is 2.04. The van der Waals surface area contributed by atoms with Crippen LogP contribution in [0.3, 0.4) is 0 Å². The zero-order valence-corrected chi connectivity index (χ0v) is 7.50. The van der Waals surface area contributed by atoms with Gasteiger partial charge in [0.05, 0.1) is 0 Å². The molecule has 0 fully saturated rings. The largest absolute Gasteiger partial charge is 0.346 e. The van der Waals surface area contributed by atoms with Crippen LogP contribution in [-0.2, 0) is 6.54 Å². The number of aromatic nitrogens is 3. The van der Waals surface area contributed by atoms with E-state index in [0.29, 0.717) is 0 Å². The molecule has 0 radical (unpaired) electrons. The van der Waals surface area contributed by atoms with Gasteiger partial charge in [0.1, 0.15) is 5.82 Å². The highest BCUT2D eigenvalue weighted by atomic mass is 15.4. The zero-order chi connectivity index (χ0) is 8.43. The molecule has 0 aliphatic rings. The van der Waals surface area contributed by atoms with E-state index in [1.165, 1.54) is 0 Å². The molecule has 0 saturated carbocycles. The predicted octanol–water partition coefficient (Wildman–Crippen LogP) is 0.672. The Kier molecular flexibility index (Phi) is 2.12. The Morgan fingerprint density at radius 1 is 1.45 bits per heavy atom. The molecule has 0 spiro atoms. The molecule has 0 saturated heterocycles. The maximum absolute atomic E-state index is 4.26. The molecule has 0 amide bonds. The van der Waals surface area contributed by atoms with Crippen molar-refractivity contribution < 1.29 is 0 Å². The molecule has 4 nitrogen and oxygen atoms in total. The molecule has 1 aromatic heterocycles. The molecule has 0 atom stereocenters. The first kappa shape index (κ1) is 8.04. The predicted molar refractivity (Wildman–Crippen MR) is 44.8 cm³/mol. The molecule has 0 aliphatic heterocycles. The van der Waals surface area contributed by atoms with E-state index in [1.807, 2.05) is 30.6 Å². The van der Waals surface area contributed by atoms with Crippen molar-refractivity contribution in [3.05, 3.63) is 5.82 Å². The molecule has 0 bridgehead atoms. The van der Waals surface area contributed by atoms with Crippen molar-refractivity contribution in [2.75, 3.05) is 19.0 Å². The van der Waals surface area contributed by atoms with Crippen molar-refractivity contribution in [2.24, 2.45) is 0 Å². The van der Waals surface area contributed by atoms with E-state index >= 15 is 0 Å². The van der Waals surface area contributed by atoms with Crippen molar-refractivity contribution in [2.45, 2.75) is 20.4 Å². The SMILES string of the molecule is CCn1nc(N(C)C)nc1C. The summed E-state index contributed by atoms with van der Waals surface area (Å²) >= 11 is 0. The van der Waals surface area contributed by atoms with Gasteiger partial charge in [-0.1, -0.05) is 0 Å². The Bertz CT molecular complexity index is 239. The Balaban J connectivity index is 2.95. The Morgan fingerprint density at radius 2 is 2.09 bits per heavy atom. The quantitative estimate of drug-likeness (QED) is 0.628. The third-order valence-electron chi connectivity index (χ3n) is 1.55. The van der Waals surface area contributed by atoms with Crippen LogP contribution in [0.1, 0.15) is 12.7 Å². The molecule has 0 N–H and O–H groups in total. The number of hydrogen-bond donors (Lipinski definition) is 0. The molecule has 62 valence electrons. The van der Waals surface area contributed by atoms with Gasteiger partial charge < -0.3 is 4.90 Å². The zero-order valence-electron chi connectivity index (χ0n) is 7.50. The molecule has 11 heavy (non-hydrogen) atoms. The van der Waals surface area contributed by atoms with Gasteiger partial charge in [-0.05, 0) is 13.8 Å². The van der Waals surface area contributed by atoms with Crippen LogP contribution in [0.5, 0.6) is 0 Å². The Hall–Kier alpha value is -1.06. The first-order valence-electron chi connectivity index (χ1n) is 3.74. The van der Waals surface area contributed by atoms with Gasteiger partial charge in [-0.25, -0.2) is 4.68 Å². The van der Waals surface area contributed by atoms with Crippen molar-refractivity contribution in [3.8, 4) is 0 Å². The Morgan fingerprint density at radius 3 is 2.36 bits per heavy atom. The van der Waals surface area contributed by atoms with Crippen LogP contribution in [0.4, 0.5) is 5.95 Å². The van der Waals surface area contributed by atoms with Gasteiger partial charge in [-0.2, -0.15) is 4.98 Å². The summed E-state index contributed by atoms with van der Waals surface area (Å²) in [7, 11) is 3.88. The summed E-state index contributed by atoms with van der Waals surface area (Å²) in [4.78, 5) is 6.16. The molecule has 0 aromatic carbocycles. The number of nitrogens with zero attached hydrogens (tertiary/aromatic N) is 4. The monoisotopic (exact) mass is 154 g/mol. The molecule has 0 aliphatic carbocycles. The van der Waals surface area contributed by atoms with E-state index < -0.39 is 0 Å². The minimum Gasteiger partial charge on any atom is -0.346 e. The summed E-state index contributed by atoms with van der Waals surface area (Å²) in [6, 6.07) is 0. The van der Waals surface area contributed by atoms with E-state index in [1.54, 1.807) is 0 Å². The topological polar surface area (TPSA) is 34.0 Å². The van der Waals surface area contributed by atoms with Gasteiger partial charge in [0, 0.05) is 20.6 Å². The molecular weight excluding hydrogens is 140 g/mol. The maximum Gasteiger partial charge on any atom is 0.244 e. The van der Waals surface area contributed by atoms with Gasteiger partial charge >= 0.3 is 0 Å². The van der Waals surface area contributed by atoms with Crippen LogP contribution in [0.2, 0.25) is 0 Å². The average molecular weight is 154 g/mol. The highest BCUT2D eigenvalue weighted by molar-refractivity contribution is 5.25. The molecular formula is C7H14N4. The van der Waals surface area contributed by atoms with Gasteiger partial charge in [0.2, 0.25) is 5.95 Å². The summed E-state index contributed by atoms with van der Waals surface area (Å²) in [5.74, 6) is 1.75. The van der Waals surface area contributed by atoms with E-state index in [2.05, 4.69) is 17.0 Å². The lowest BCUT2D eigenvalue weighted by Crippen LogP contribution is -2.11. The summed E-state index contributed by atoms with van der Waals surface area (Å²) in [5.41, 5.74) is 0. The third-order valence-corrected chi connectivity index (χ3v) is 1.55. The van der Waals surface area contributed by atoms with Crippen LogP contribution >= 0.6 is 0 Å². The fraction of sp³-hybridized carbons (Fsp3) is 0.714. The van der Waals surface area contributed by atoms with Gasteiger partial charge in [0.25, 0.3) is 0 Å². The van der Waals surface area contributed by atoms with Crippen LogP contribution < -0.4 is 4.90 Å². The lowest BCUT2D eigenvalue weighted by atomic mass is 10.6. The second-order valence-corrected chi connectivity index (χ2v) is 2.67. The second-order valence-electron chi connectivity index (χ2n) is 2.67. The summed E-state index contributed by atoms with van der Waals surface area (Å²) in [5, 5.41) is 4.26. The normalized spacial score (nSPS) is 10.2. The lowest BCUT2D eigenvalue weighted by molar-refractivity contribution is 0.635. The minimum atomic E-state index is 0.782. The molecule has 4 heteroatoms.